The average Bonchev–Trinajstić information content (AvgIpc) is 1.41. The molecule has 0 spiro atoms. The van der Waals surface area contributed by atoms with Crippen LogP contribution in [0.2, 0.25) is 0 Å². The summed E-state index contributed by atoms with van der Waals surface area (Å²) in [4.78, 5) is 7.80. The highest BCUT2D eigenvalue weighted by Crippen LogP contribution is 1.63. The molecule has 0 aliphatic heterocycles. The topological polar surface area (TPSA) is 18.5 Å². The van der Waals surface area contributed by atoms with Gasteiger partial charge in [-0.1, -0.05) is 0 Å². The Morgan fingerprint density at radius 2 is 2.40 bits per heavy atom. The van der Waals surface area contributed by atoms with Crippen molar-refractivity contribution in [3.8, 4) is 0 Å². The first-order valence-corrected chi connectivity index (χ1v) is 1.40. The van der Waals surface area contributed by atoms with Crippen LogP contribution in [-0.4, -0.2) is 14.7 Å². The molecule has 0 rings (SSSR count). The minimum Gasteiger partial charge on any atom is -0.318 e. The molecule has 0 atom stereocenters. The zero-order valence-corrected chi connectivity index (χ0v) is 3.10. The van der Waals surface area contributed by atoms with Gasteiger partial charge in [-0.15, -0.1) is 0 Å². The van der Waals surface area contributed by atoms with Gasteiger partial charge in [0.1, 0.15) is 0 Å². The molecule has 0 heterocycles. The van der Waals surface area contributed by atoms with Crippen molar-refractivity contribution in [1.29, 1.82) is 0 Å². The molecule has 0 bridgehead atoms. The Kier molecular flexibility index (Phi) is 3.97. The Morgan fingerprint density at radius 1 is 1.80 bits per heavy atom. The lowest BCUT2D eigenvalue weighted by Crippen LogP contribution is -1.85. The van der Waals surface area contributed by atoms with Crippen LogP contribution < -0.4 is 0 Å². The number of hydrogen-bond donors (Lipinski definition) is 0. The van der Waals surface area contributed by atoms with Crippen LogP contribution in [0.25, 0.3) is 0 Å². The smallest absolute Gasteiger partial charge is 0.318 e. The van der Waals surface area contributed by atoms with E-state index in [1.807, 2.05) is 0 Å². The zero-order valence-electron chi connectivity index (χ0n) is 3.10. The first-order chi connectivity index (χ1) is 2.41. The van der Waals surface area contributed by atoms with E-state index in [0.717, 1.165) is 0 Å². The molecule has 0 N–H and O–H groups in total. The molecular formula is C2H5BO2. The Hall–Kier alpha value is -0.0151. The van der Waals surface area contributed by atoms with Gasteiger partial charge in [-0.25, -0.2) is 0 Å². The molecule has 5 heavy (non-hydrogen) atoms. The van der Waals surface area contributed by atoms with Gasteiger partial charge in [0, 0.05) is 0 Å². The Labute approximate surface area is 32.4 Å². The van der Waals surface area contributed by atoms with E-state index in [-0.39, 0.29) is 0 Å². The molecule has 0 aromatic rings. The zero-order chi connectivity index (χ0) is 4.12. The molecule has 28 valence electrons. The van der Waals surface area contributed by atoms with Gasteiger partial charge >= 0.3 is 8.05 Å². The quantitative estimate of drug-likeness (QED) is 0.260. The summed E-state index contributed by atoms with van der Waals surface area (Å²) in [6, 6.07) is 0. The van der Waals surface area contributed by atoms with E-state index in [1.165, 1.54) is 0 Å². The lowest BCUT2D eigenvalue weighted by atomic mass is 10.6. The minimum absolute atomic E-state index is 0.497. The fraction of sp³-hybridized carbons (Fsp3) is 1.00. The van der Waals surface area contributed by atoms with Gasteiger partial charge in [0.25, 0.3) is 0 Å². The van der Waals surface area contributed by atoms with E-state index >= 15 is 0 Å². The van der Waals surface area contributed by atoms with Crippen molar-refractivity contribution in [2.24, 2.45) is 0 Å². The SMILES string of the molecule is [B]OOCC. The van der Waals surface area contributed by atoms with Crippen molar-refractivity contribution in [2.45, 2.75) is 6.92 Å². The monoisotopic (exact) mass is 72.0 g/mol. The molecule has 0 saturated carbocycles. The third kappa shape index (κ3) is 3.98. The highest BCUT2D eigenvalue weighted by molar-refractivity contribution is 5.97. The van der Waals surface area contributed by atoms with E-state index in [1.54, 1.807) is 6.92 Å². The summed E-state index contributed by atoms with van der Waals surface area (Å²) >= 11 is 0. The molecule has 0 aliphatic carbocycles. The first kappa shape index (κ1) is 4.98. The van der Waals surface area contributed by atoms with Gasteiger partial charge in [-0.2, -0.15) is 0 Å². The van der Waals surface area contributed by atoms with Gasteiger partial charge in [-0.05, 0) is 6.92 Å². The fourth-order valence-corrected chi connectivity index (χ4v) is 0.0680. The predicted octanol–water partition coefficient (Wildman–Crippen LogP) is 0.0380. The maximum absolute atomic E-state index is 4.42. The van der Waals surface area contributed by atoms with Crippen LogP contribution >= 0.6 is 0 Å². The van der Waals surface area contributed by atoms with Gasteiger partial charge < -0.3 is 4.81 Å². The largest absolute Gasteiger partial charge is 0.338 e. The second-order valence-electron chi connectivity index (χ2n) is 0.503. The van der Waals surface area contributed by atoms with Gasteiger partial charge in [-0.3, -0.25) is 4.89 Å². The predicted molar refractivity (Wildman–Crippen MR) is 18.5 cm³/mol. The van der Waals surface area contributed by atoms with E-state index in [2.05, 4.69) is 17.7 Å². The van der Waals surface area contributed by atoms with Crippen molar-refractivity contribution in [1.82, 2.24) is 0 Å². The summed E-state index contributed by atoms with van der Waals surface area (Å²) < 4.78 is 0. The average molecular weight is 71.9 g/mol. The molecule has 0 saturated heterocycles. The van der Waals surface area contributed by atoms with Crippen LogP contribution in [0, 0.1) is 0 Å². The second-order valence-corrected chi connectivity index (χ2v) is 0.503. The summed E-state index contributed by atoms with van der Waals surface area (Å²) in [5.74, 6) is 0. The minimum atomic E-state index is 0.497. The third-order valence-corrected chi connectivity index (χ3v) is 0.186. The lowest BCUT2D eigenvalue weighted by molar-refractivity contribution is -0.198. The van der Waals surface area contributed by atoms with Crippen LogP contribution in [-0.2, 0) is 9.69 Å². The van der Waals surface area contributed by atoms with Crippen LogP contribution in [0.5, 0.6) is 0 Å². The molecule has 0 amide bonds. The highest BCUT2D eigenvalue weighted by atomic mass is 17.2. The van der Waals surface area contributed by atoms with Crippen molar-refractivity contribution in [2.75, 3.05) is 6.61 Å². The summed E-state index contributed by atoms with van der Waals surface area (Å²) in [5.41, 5.74) is 0. The van der Waals surface area contributed by atoms with Crippen molar-refractivity contribution in [3.63, 3.8) is 0 Å². The van der Waals surface area contributed by atoms with Gasteiger partial charge in [0.15, 0.2) is 0 Å². The molecule has 0 aromatic heterocycles. The molecule has 0 unspecified atom stereocenters. The van der Waals surface area contributed by atoms with Gasteiger partial charge in [0.05, 0.1) is 6.61 Å². The molecule has 0 fully saturated rings. The molecule has 3 heteroatoms. The van der Waals surface area contributed by atoms with E-state index in [9.17, 15) is 0 Å². The van der Waals surface area contributed by atoms with Crippen molar-refractivity contribution >= 4 is 8.05 Å². The standard InChI is InChI=1S/C2H5BO2/c1-2-4-5-3/h2H2,1H3. The molecule has 0 aromatic carbocycles. The van der Waals surface area contributed by atoms with Gasteiger partial charge in [0.2, 0.25) is 0 Å². The first-order valence-electron chi connectivity index (χ1n) is 1.40. The third-order valence-electron chi connectivity index (χ3n) is 0.186. The Bertz CT molecular complexity index is 15.1. The van der Waals surface area contributed by atoms with Crippen LogP contribution in [0.3, 0.4) is 0 Å². The van der Waals surface area contributed by atoms with E-state index in [0.29, 0.717) is 6.61 Å². The maximum atomic E-state index is 4.42. The lowest BCUT2D eigenvalue weighted by Gasteiger charge is -1.87. The Balaban J connectivity index is 2.19. The summed E-state index contributed by atoms with van der Waals surface area (Å²) in [6.07, 6.45) is 0. The van der Waals surface area contributed by atoms with Crippen LogP contribution in [0.4, 0.5) is 0 Å². The fourth-order valence-electron chi connectivity index (χ4n) is 0.0680. The summed E-state index contributed by atoms with van der Waals surface area (Å²) in [6.45, 7) is 2.28. The van der Waals surface area contributed by atoms with Crippen LogP contribution in [0.1, 0.15) is 6.92 Å². The van der Waals surface area contributed by atoms with E-state index < -0.39 is 0 Å². The van der Waals surface area contributed by atoms with E-state index in [4.69, 9.17) is 0 Å². The summed E-state index contributed by atoms with van der Waals surface area (Å²) in [5, 5.41) is 0. The second kappa shape index (κ2) is 3.98. The Morgan fingerprint density at radius 3 is 2.40 bits per heavy atom. The van der Waals surface area contributed by atoms with Crippen molar-refractivity contribution in [3.05, 3.63) is 0 Å². The highest BCUT2D eigenvalue weighted by Gasteiger charge is 1.64. The number of rotatable bonds is 2. The molecule has 2 radical (unpaired) electrons. The molecule has 2 nitrogen and oxygen atoms in total. The summed E-state index contributed by atoms with van der Waals surface area (Å²) in [7, 11) is 4.42. The normalized spacial score (nSPS) is 8.20. The number of hydrogen-bond acceptors (Lipinski definition) is 2. The molecule has 0 aliphatic rings. The van der Waals surface area contributed by atoms with Crippen LogP contribution in [0.15, 0.2) is 0 Å². The molecular weight excluding hydrogens is 66.8 g/mol. The maximum Gasteiger partial charge on any atom is 0.338 e. The van der Waals surface area contributed by atoms with Crippen molar-refractivity contribution < 1.29 is 9.69 Å².